The first-order valence-electron chi connectivity index (χ1n) is 9.45. The van der Waals surface area contributed by atoms with E-state index in [4.69, 9.17) is 16.3 Å². The highest BCUT2D eigenvalue weighted by Gasteiger charge is 2.28. The van der Waals surface area contributed by atoms with Gasteiger partial charge in [-0.15, -0.1) is 0 Å². The van der Waals surface area contributed by atoms with Gasteiger partial charge in [-0.3, -0.25) is 9.59 Å². The Bertz CT molecular complexity index is 793. The zero-order chi connectivity index (χ0) is 20.5. The summed E-state index contributed by atoms with van der Waals surface area (Å²) < 4.78 is 5.62. The molecule has 0 aliphatic heterocycles. The molecule has 0 aliphatic rings. The van der Waals surface area contributed by atoms with Crippen LogP contribution in [-0.4, -0.2) is 35.9 Å². The van der Waals surface area contributed by atoms with Gasteiger partial charge in [-0.25, -0.2) is 0 Å². The number of nitrogens with zero attached hydrogens (tertiary/aromatic N) is 1. The standard InChI is InChI=1S/C22H27ClN2O3/c1-4-20(22(27)24-5-2)25(14-17-8-6-7-16(3)13-17)21(26)15-28-19-11-9-18(23)10-12-19/h6-13,20H,4-5,14-15H2,1-3H3,(H,24,27). The van der Waals surface area contributed by atoms with Crippen LogP contribution in [0.1, 0.15) is 31.4 Å². The van der Waals surface area contributed by atoms with E-state index in [1.165, 1.54) is 0 Å². The van der Waals surface area contributed by atoms with Crippen molar-refractivity contribution in [1.82, 2.24) is 10.2 Å². The van der Waals surface area contributed by atoms with Gasteiger partial charge in [0.05, 0.1) is 0 Å². The molecule has 5 nitrogen and oxygen atoms in total. The highest BCUT2D eigenvalue weighted by Crippen LogP contribution is 2.17. The molecule has 0 aliphatic carbocycles. The second-order valence-electron chi connectivity index (χ2n) is 6.57. The Hall–Kier alpha value is -2.53. The summed E-state index contributed by atoms with van der Waals surface area (Å²) in [6.07, 6.45) is 0.518. The Morgan fingerprint density at radius 1 is 1.14 bits per heavy atom. The molecule has 0 saturated heterocycles. The quantitative estimate of drug-likeness (QED) is 0.690. The number of amides is 2. The van der Waals surface area contributed by atoms with Gasteiger partial charge in [0.15, 0.2) is 6.61 Å². The molecule has 0 saturated carbocycles. The molecule has 150 valence electrons. The Kier molecular flexibility index (Phi) is 8.33. The van der Waals surface area contributed by atoms with Crippen molar-refractivity contribution in [2.45, 2.75) is 39.8 Å². The van der Waals surface area contributed by atoms with Crippen LogP contribution >= 0.6 is 11.6 Å². The van der Waals surface area contributed by atoms with Crippen LogP contribution in [-0.2, 0) is 16.1 Å². The summed E-state index contributed by atoms with van der Waals surface area (Å²) in [5, 5.41) is 3.42. The lowest BCUT2D eigenvalue weighted by Gasteiger charge is -2.30. The molecule has 6 heteroatoms. The van der Waals surface area contributed by atoms with Gasteiger partial charge in [0.25, 0.3) is 5.91 Å². The molecule has 0 heterocycles. The molecule has 1 unspecified atom stereocenters. The van der Waals surface area contributed by atoms with Crippen molar-refractivity contribution >= 4 is 23.4 Å². The van der Waals surface area contributed by atoms with Crippen LogP contribution < -0.4 is 10.1 Å². The molecule has 2 aromatic carbocycles. The fraction of sp³-hybridized carbons (Fsp3) is 0.364. The predicted molar refractivity (Wildman–Crippen MR) is 111 cm³/mol. The van der Waals surface area contributed by atoms with Gasteiger partial charge in [0.2, 0.25) is 5.91 Å². The van der Waals surface area contributed by atoms with Crippen LogP contribution in [0.25, 0.3) is 0 Å². The molecule has 0 spiro atoms. The second kappa shape index (κ2) is 10.7. The Morgan fingerprint density at radius 2 is 1.86 bits per heavy atom. The van der Waals surface area contributed by atoms with Gasteiger partial charge in [0.1, 0.15) is 11.8 Å². The van der Waals surface area contributed by atoms with E-state index in [1.807, 2.05) is 45.0 Å². The summed E-state index contributed by atoms with van der Waals surface area (Å²) in [7, 11) is 0. The summed E-state index contributed by atoms with van der Waals surface area (Å²) >= 11 is 5.88. The van der Waals surface area contributed by atoms with E-state index in [2.05, 4.69) is 5.32 Å². The van der Waals surface area contributed by atoms with Gasteiger partial charge in [-0.05, 0) is 50.1 Å². The molecule has 0 radical (unpaired) electrons. The topological polar surface area (TPSA) is 58.6 Å². The average molecular weight is 403 g/mol. The highest BCUT2D eigenvalue weighted by molar-refractivity contribution is 6.30. The molecule has 0 fully saturated rings. The van der Waals surface area contributed by atoms with Crippen LogP contribution in [0.3, 0.4) is 0 Å². The molecule has 1 atom stereocenters. The molecular formula is C22H27ClN2O3. The van der Waals surface area contributed by atoms with Gasteiger partial charge in [-0.2, -0.15) is 0 Å². The smallest absolute Gasteiger partial charge is 0.261 e. The van der Waals surface area contributed by atoms with Crippen LogP contribution in [0.15, 0.2) is 48.5 Å². The first-order valence-corrected chi connectivity index (χ1v) is 9.83. The third-order valence-corrected chi connectivity index (χ3v) is 4.60. The molecular weight excluding hydrogens is 376 g/mol. The van der Waals surface area contributed by atoms with E-state index in [9.17, 15) is 9.59 Å². The number of halogens is 1. The SMILES string of the molecule is CCNC(=O)C(CC)N(Cc1cccc(C)c1)C(=O)COc1ccc(Cl)cc1. The van der Waals surface area contributed by atoms with Crippen molar-refractivity contribution in [3.05, 3.63) is 64.7 Å². The number of aryl methyl sites for hydroxylation is 1. The maximum absolute atomic E-state index is 13.0. The van der Waals surface area contributed by atoms with Crippen molar-refractivity contribution in [1.29, 1.82) is 0 Å². The predicted octanol–water partition coefficient (Wildman–Crippen LogP) is 3.97. The van der Waals surface area contributed by atoms with E-state index in [-0.39, 0.29) is 18.4 Å². The molecule has 2 aromatic rings. The third kappa shape index (κ3) is 6.27. The van der Waals surface area contributed by atoms with Gasteiger partial charge < -0.3 is 15.0 Å². The summed E-state index contributed by atoms with van der Waals surface area (Å²) in [6, 6.07) is 14.2. The lowest BCUT2D eigenvalue weighted by atomic mass is 10.1. The monoisotopic (exact) mass is 402 g/mol. The van der Waals surface area contributed by atoms with Crippen LogP contribution in [0.2, 0.25) is 5.02 Å². The van der Waals surface area contributed by atoms with Gasteiger partial charge in [-0.1, -0.05) is 48.4 Å². The maximum Gasteiger partial charge on any atom is 0.261 e. The van der Waals surface area contributed by atoms with Crippen molar-refractivity contribution in [3.8, 4) is 5.75 Å². The molecule has 1 N–H and O–H groups in total. The zero-order valence-electron chi connectivity index (χ0n) is 16.6. The van der Waals surface area contributed by atoms with E-state index < -0.39 is 6.04 Å². The summed E-state index contributed by atoms with van der Waals surface area (Å²) in [5.41, 5.74) is 2.08. The van der Waals surface area contributed by atoms with E-state index >= 15 is 0 Å². The Morgan fingerprint density at radius 3 is 2.46 bits per heavy atom. The lowest BCUT2D eigenvalue weighted by Crippen LogP contribution is -2.50. The maximum atomic E-state index is 13.0. The number of nitrogens with one attached hydrogen (secondary N) is 1. The molecule has 2 amide bonds. The fourth-order valence-electron chi connectivity index (χ4n) is 2.98. The van der Waals surface area contributed by atoms with Crippen molar-refractivity contribution in [2.75, 3.05) is 13.2 Å². The summed E-state index contributed by atoms with van der Waals surface area (Å²) in [4.78, 5) is 27.1. The van der Waals surface area contributed by atoms with Crippen LogP contribution in [0.4, 0.5) is 0 Å². The zero-order valence-corrected chi connectivity index (χ0v) is 17.3. The van der Waals surface area contributed by atoms with E-state index in [0.717, 1.165) is 11.1 Å². The number of ether oxygens (including phenoxy) is 1. The molecule has 0 bridgehead atoms. The average Bonchev–Trinajstić information content (AvgIpc) is 2.67. The van der Waals surface area contributed by atoms with Crippen molar-refractivity contribution in [2.24, 2.45) is 0 Å². The third-order valence-electron chi connectivity index (χ3n) is 4.35. The lowest BCUT2D eigenvalue weighted by molar-refractivity contribution is -0.142. The molecule has 28 heavy (non-hydrogen) atoms. The highest BCUT2D eigenvalue weighted by atomic mass is 35.5. The van der Waals surface area contributed by atoms with Gasteiger partial charge >= 0.3 is 0 Å². The van der Waals surface area contributed by atoms with E-state index in [1.54, 1.807) is 29.2 Å². The van der Waals surface area contributed by atoms with Crippen LogP contribution in [0, 0.1) is 6.92 Å². The first-order chi connectivity index (χ1) is 13.4. The normalized spacial score (nSPS) is 11.6. The summed E-state index contributed by atoms with van der Waals surface area (Å²) in [5.74, 6) is 0.159. The van der Waals surface area contributed by atoms with Crippen molar-refractivity contribution < 1.29 is 14.3 Å². The van der Waals surface area contributed by atoms with Crippen LogP contribution in [0.5, 0.6) is 5.75 Å². The number of hydrogen-bond donors (Lipinski definition) is 1. The minimum atomic E-state index is -0.554. The number of carbonyl (C=O) groups excluding carboxylic acids is 2. The number of likely N-dealkylation sites (N-methyl/N-ethyl adjacent to an activating group) is 1. The largest absolute Gasteiger partial charge is 0.484 e. The second-order valence-corrected chi connectivity index (χ2v) is 7.01. The van der Waals surface area contributed by atoms with Gasteiger partial charge in [0, 0.05) is 18.1 Å². The molecule has 2 rings (SSSR count). The Balaban J connectivity index is 2.18. The number of carbonyl (C=O) groups is 2. The number of rotatable bonds is 9. The minimum absolute atomic E-state index is 0.149. The minimum Gasteiger partial charge on any atom is -0.484 e. The molecule has 0 aromatic heterocycles. The van der Waals surface area contributed by atoms with Crippen molar-refractivity contribution in [3.63, 3.8) is 0 Å². The fourth-order valence-corrected chi connectivity index (χ4v) is 3.10. The first kappa shape index (κ1) is 21.8. The Labute approximate surface area is 171 Å². The number of hydrogen-bond acceptors (Lipinski definition) is 3. The van der Waals surface area contributed by atoms with E-state index in [0.29, 0.717) is 30.3 Å². The summed E-state index contributed by atoms with van der Waals surface area (Å²) in [6.45, 7) is 6.48. The number of benzene rings is 2.